The van der Waals surface area contributed by atoms with Gasteiger partial charge in [0, 0.05) is 32.7 Å². The maximum absolute atomic E-state index is 4.19. The maximum Gasteiger partial charge on any atom is 0 e. The first kappa shape index (κ1) is 14.2. The van der Waals surface area contributed by atoms with Crippen LogP contribution >= 0.6 is 0 Å². The van der Waals surface area contributed by atoms with Gasteiger partial charge in [0.1, 0.15) is 0 Å². The van der Waals surface area contributed by atoms with E-state index < -0.39 is 0 Å². The van der Waals surface area contributed by atoms with Crippen molar-refractivity contribution in [1.29, 1.82) is 0 Å². The Morgan fingerprint density at radius 1 is 0.733 bits per heavy atom. The molecule has 1 radical (unpaired) electrons. The number of hydrogen-bond donors (Lipinski definition) is 0. The van der Waals surface area contributed by atoms with Crippen LogP contribution in [0.1, 0.15) is 58.3 Å². The van der Waals surface area contributed by atoms with Gasteiger partial charge in [0.05, 0.1) is 0 Å². The third-order valence-corrected chi connectivity index (χ3v) is 4.62. The molecule has 0 saturated heterocycles. The third kappa shape index (κ3) is 4.12. The monoisotopic (exact) mass is 282 g/mol. The van der Waals surface area contributed by atoms with E-state index in [9.17, 15) is 0 Å². The predicted molar refractivity (Wildman–Crippen MR) is 61.9 cm³/mol. The molecular formula is C14H25Y-. The van der Waals surface area contributed by atoms with E-state index in [0.29, 0.717) is 0 Å². The van der Waals surface area contributed by atoms with Gasteiger partial charge in [-0.3, -0.25) is 0 Å². The van der Waals surface area contributed by atoms with Crippen LogP contribution in [0, 0.1) is 30.6 Å². The molecule has 0 bridgehead atoms. The smallest absolute Gasteiger partial charge is 0 e. The van der Waals surface area contributed by atoms with Crippen molar-refractivity contribution in [1.82, 2.24) is 0 Å². The predicted octanol–water partition coefficient (Wildman–Crippen LogP) is 4.45. The first-order chi connectivity index (χ1) is 6.75. The molecule has 0 heterocycles. The Kier molecular flexibility index (Phi) is 6.37. The summed E-state index contributed by atoms with van der Waals surface area (Å²) in [4.78, 5) is 0. The van der Waals surface area contributed by atoms with Gasteiger partial charge in [0.25, 0.3) is 0 Å². The molecule has 2 fully saturated rings. The standard InChI is InChI=1S/C14H25.Y/c1-11-3-7-13(8-4-11)14-9-5-12(2)6-10-14;/h11-14H,1,3-10H2,2H3;/q-1;. The molecule has 2 aliphatic rings. The van der Waals surface area contributed by atoms with E-state index in [-0.39, 0.29) is 32.7 Å². The van der Waals surface area contributed by atoms with E-state index in [2.05, 4.69) is 13.8 Å². The van der Waals surface area contributed by atoms with Crippen molar-refractivity contribution in [3.05, 3.63) is 6.92 Å². The summed E-state index contributed by atoms with van der Waals surface area (Å²) in [5.41, 5.74) is 0. The molecule has 0 spiro atoms. The van der Waals surface area contributed by atoms with Gasteiger partial charge in [-0.25, -0.2) is 0 Å². The Hall–Kier alpha value is 1.10. The molecule has 1 heteroatoms. The molecule has 0 atom stereocenters. The van der Waals surface area contributed by atoms with Gasteiger partial charge in [-0.05, 0) is 30.6 Å². The van der Waals surface area contributed by atoms with Gasteiger partial charge < -0.3 is 6.92 Å². The largest absolute Gasteiger partial charge is 0.340 e. The fourth-order valence-electron chi connectivity index (χ4n) is 3.42. The van der Waals surface area contributed by atoms with Crippen LogP contribution in [0.5, 0.6) is 0 Å². The van der Waals surface area contributed by atoms with Crippen LogP contribution in [0.2, 0.25) is 0 Å². The summed E-state index contributed by atoms with van der Waals surface area (Å²) < 4.78 is 0. The second-order valence-electron chi connectivity index (χ2n) is 5.80. The molecule has 0 aliphatic heterocycles. The Labute approximate surface area is 121 Å². The summed E-state index contributed by atoms with van der Waals surface area (Å²) in [5.74, 6) is 3.93. The van der Waals surface area contributed by atoms with E-state index in [1.54, 1.807) is 0 Å². The molecule has 2 saturated carbocycles. The Morgan fingerprint density at radius 3 is 1.60 bits per heavy atom. The van der Waals surface area contributed by atoms with Crippen LogP contribution in [0.4, 0.5) is 0 Å². The maximum atomic E-state index is 4.19. The van der Waals surface area contributed by atoms with Crippen molar-refractivity contribution >= 4 is 0 Å². The zero-order valence-corrected chi connectivity index (χ0v) is 13.1. The molecule has 0 amide bonds. The number of hydrogen-bond acceptors (Lipinski definition) is 0. The van der Waals surface area contributed by atoms with Gasteiger partial charge in [-0.2, -0.15) is 5.92 Å². The third-order valence-electron chi connectivity index (χ3n) is 4.62. The molecule has 2 aliphatic carbocycles. The molecule has 0 aromatic rings. The molecule has 0 aromatic carbocycles. The summed E-state index contributed by atoms with van der Waals surface area (Å²) in [6.07, 6.45) is 11.8. The first-order valence-corrected chi connectivity index (χ1v) is 6.58. The topological polar surface area (TPSA) is 0 Å². The van der Waals surface area contributed by atoms with Gasteiger partial charge in [0.2, 0.25) is 0 Å². The summed E-state index contributed by atoms with van der Waals surface area (Å²) in [7, 11) is 0. The van der Waals surface area contributed by atoms with Gasteiger partial charge in [0.15, 0.2) is 0 Å². The molecule has 0 N–H and O–H groups in total. The summed E-state index contributed by atoms with van der Waals surface area (Å²) in [6, 6.07) is 0. The summed E-state index contributed by atoms with van der Waals surface area (Å²) >= 11 is 0. The fraction of sp³-hybridized carbons (Fsp3) is 0.929. The van der Waals surface area contributed by atoms with Crippen LogP contribution in [-0.4, -0.2) is 0 Å². The number of rotatable bonds is 1. The van der Waals surface area contributed by atoms with E-state index in [0.717, 1.165) is 23.7 Å². The van der Waals surface area contributed by atoms with E-state index >= 15 is 0 Å². The van der Waals surface area contributed by atoms with Crippen molar-refractivity contribution in [2.45, 2.75) is 58.3 Å². The fourth-order valence-corrected chi connectivity index (χ4v) is 3.42. The van der Waals surface area contributed by atoms with E-state index in [1.807, 2.05) is 0 Å². The van der Waals surface area contributed by atoms with Crippen molar-refractivity contribution in [3.8, 4) is 0 Å². The Morgan fingerprint density at radius 2 is 1.13 bits per heavy atom. The van der Waals surface area contributed by atoms with Crippen LogP contribution in [0.25, 0.3) is 0 Å². The van der Waals surface area contributed by atoms with Crippen LogP contribution in [-0.2, 0) is 32.7 Å². The van der Waals surface area contributed by atoms with Gasteiger partial charge >= 0.3 is 0 Å². The molecule has 2 rings (SSSR count). The average Bonchev–Trinajstić information content (AvgIpc) is 2.21. The van der Waals surface area contributed by atoms with Crippen molar-refractivity contribution < 1.29 is 32.7 Å². The minimum absolute atomic E-state index is 0. The van der Waals surface area contributed by atoms with Crippen LogP contribution in [0.15, 0.2) is 0 Å². The van der Waals surface area contributed by atoms with Crippen molar-refractivity contribution in [2.24, 2.45) is 23.7 Å². The van der Waals surface area contributed by atoms with Crippen LogP contribution < -0.4 is 0 Å². The van der Waals surface area contributed by atoms with Crippen molar-refractivity contribution in [2.75, 3.05) is 0 Å². The molecule has 0 aromatic heterocycles. The van der Waals surface area contributed by atoms with E-state index in [4.69, 9.17) is 0 Å². The Balaban J connectivity index is 0.00000112. The quantitative estimate of drug-likeness (QED) is 0.623. The van der Waals surface area contributed by atoms with Gasteiger partial charge in [-0.15, -0.1) is 0 Å². The molecule has 0 nitrogen and oxygen atoms in total. The summed E-state index contributed by atoms with van der Waals surface area (Å²) in [6.45, 7) is 6.61. The summed E-state index contributed by atoms with van der Waals surface area (Å²) in [5, 5.41) is 0. The van der Waals surface area contributed by atoms with Crippen LogP contribution in [0.3, 0.4) is 0 Å². The van der Waals surface area contributed by atoms with Crippen molar-refractivity contribution in [3.63, 3.8) is 0 Å². The molecule has 85 valence electrons. The second-order valence-corrected chi connectivity index (χ2v) is 5.80. The zero-order chi connectivity index (χ0) is 9.97. The molecule has 0 unspecified atom stereocenters. The average molecular weight is 282 g/mol. The van der Waals surface area contributed by atoms with Gasteiger partial charge in [-0.1, -0.05) is 45.4 Å². The first-order valence-electron chi connectivity index (χ1n) is 6.58. The molecule has 15 heavy (non-hydrogen) atoms. The van der Waals surface area contributed by atoms with E-state index in [1.165, 1.54) is 51.4 Å². The normalized spacial score (nSPS) is 42.0. The Bertz CT molecular complexity index is 142. The zero-order valence-electron chi connectivity index (χ0n) is 10.3. The molecular weight excluding hydrogens is 257 g/mol. The minimum Gasteiger partial charge on any atom is -0.340 e. The SMILES string of the molecule is [CH2-]C1CCC(C2CCC(C)CC2)CC1.[Y]. The minimum atomic E-state index is 0. The second kappa shape index (κ2) is 6.75.